The summed E-state index contributed by atoms with van der Waals surface area (Å²) in [7, 11) is 1.69. The average Bonchev–Trinajstić information content (AvgIpc) is 3.20. The largest absolute Gasteiger partial charge is 0.357 e. The molecule has 6 heteroatoms. The van der Waals surface area contributed by atoms with Crippen molar-refractivity contribution >= 4 is 16.9 Å². The van der Waals surface area contributed by atoms with E-state index < -0.39 is 0 Å². The molecule has 3 aromatic heterocycles. The van der Waals surface area contributed by atoms with Crippen molar-refractivity contribution in [2.24, 2.45) is 0 Å². The van der Waals surface area contributed by atoms with Gasteiger partial charge in [0, 0.05) is 46.0 Å². The van der Waals surface area contributed by atoms with Crippen LogP contribution in [0.25, 0.3) is 22.2 Å². The van der Waals surface area contributed by atoms with Crippen molar-refractivity contribution in [3.63, 3.8) is 0 Å². The van der Waals surface area contributed by atoms with Crippen LogP contribution in [0.1, 0.15) is 19.8 Å². The Bertz CT molecular complexity index is 865. The number of hydrogen-bond acceptors (Lipinski definition) is 3. The van der Waals surface area contributed by atoms with Gasteiger partial charge in [0.15, 0.2) is 0 Å². The second kappa shape index (κ2) is 5.74. The van der Waals surface area contributed by atoms with Crippen molar-refractivity contribution in [3.8, 4) is 17.2 Å². The Morgan fingerprint density at radius 1 is 1.45 bits per heavy atom. The quantitative estimate of drug-likeness (QED) is 0.775. The number of aromatic nitrogens is 3. The molecule has 3 heterocycles. The van der Waals surface area contributed by atoms with Gasteiger partial charge in [-0.25, -0.2) is 4.98 Å². The molecule has 0 aromatic carbocycles. The van der Waals surface area contributed by atoms with Gasteiger partial charge < -0.3 is 14.9 Å². The monoisotopic (exact) mass is 297 g/mol. The van der Waals surface area contributed by atoms with Crippen molar-refractivity contribution in [1.82, 2.24) is 19.9 Å². The van der Waals surface area contributed by atoms with Crippen LogP contribution in [0.3, 0.4) is 0 Å². The second-order valence-corrected chi connectivity index (χ2v) is 5.04. The van der Waals surface area contributed by atoms with Crippen molar-refractivity contribution in [2.45, 2.75) is 6.42 Å². The lowest BCUT2D eigenvalue weighted by Crippen LogP contribution is -2.27. The van der Waals surface area contributed by atoms with Gasteiger partial charge in [0.05, 0.1) is 12.5 Å². The highest BCUT2D eigenvalue weighted by Gasteiger charge is 2.15. The van der Waals surface area contributed by atoms with E-state index in [1.165, 1.54) is 4.90 Å². The zero-order valence-corrected chi connectivity index (χ0v) is 12.1. The number of nitrogens with one attached hydrogen (secondary N) is 2. The van der Waals surface area contributed by atoms with Crippen LogP contribution in [0.4, 0.5) is 0 Å². The summed E-state index contributed by atoms with van der Waals surface area (Å²) in [5.74, 6) is -0.124. The van der Waals surface area contributed by atoms with E-state index in [0.29, 0.717) is 18.7 Å². The molecule has 0 saturated heterocycles. The maximum Gasteiger partial charge on any atom is 0.270 e. The Morgan fingerprint density at radius 2 is 2.32 bits per heavy atom. The molecule has 1 amide bonds. The molecule has 0 spiro atoms. The molecule has 0 aliphatic rings. The molecule has 0 aliphatic carbocycles. The number of nitrogens with zero attached hydrogens (tertiary/aromatic N) is 3. The van der Waals surface area contributed by atoms with Crippen molar-refractivity contribution < 1.29 is 7.65 Å². The molecule has 0 atom stereocenters. The Labute approximate surface area is 130 Å². The van der Waals surface area contributed by atoms with Crippen molar-refractivity contribution in [2.75, 3.05) is 13.6 Å². The van der Waals surface area contributed by atoms with E-state index in [0.717, 1.165) is 22.2 Å². The second-order valence-electron chi connectivity index (χ2n) is 5.04. The van der Waals surface area contributed by atoms with Gasteiger partial charge in [-0.2, -0.15) is 5.26 Å². The summed E-state index contributed by atoms with van der Waals surface area (Å²) in [5.41, 5.74) is 3.28. The molecule has 0 radical (unpaired) electrons. The molecule has 0 bridgehead atoms. The fraction of sp³-hybridized carbons (Fsp3) is 0.188. The molecule has 3 aromatic rings. The van der Waals surface area contributed by atoms with Crippen LogP contribution in [-0.2, 0) is 0 Å². The Kier molecular flexibility index (Phi) is 3.62. The van der Waals surface area contributed by atoms with E-state index >= 15 is 0 Å². The predicted octanol–water partition coefficient (Wildman–Crippen LogP) is 3.04. The Morgan fingerprint density at radius 3 is 3.14 bits per heavy atom. The average molecular weight is 297 g/mol. The summed E-state index contributed by atoms with van der Waals surface area (Å²) in [6, 6.07) is 7.75. The number of aromatic amines is 2. The SMILES string of the molecule is CN(CCC#N)C(=O)c1cc(-c2ccnc3[nH]ccc23)c[nH]1.[HH].[HH]. The standard InChI is InChI=1S/C16H15N5O.2H2/c1-21(8-2-5-17)16(22)14-9-11(10-20-14)12-3-6-18-15-13(12)4-7-19-15;;/h3-4,6-7,9-10,20H,2,8H2,1H3,(H,18,19);2*1H. The first-order valence-electron chi connectivity index (χ1n) is 6.94. The minimum absolute atomic E-state index is 0. The van der Waals surface area contributed by atoms with Gasteiger partial charge >= 0.3 is 0 Å². The smallest absolute Gasteiger partial charge is 0.270 e. The molecule has 0 saturated carbocycles. The van der Waals surface area contributed by atoms with E-state index in [2.05, 4.69) is 15.0 Å². The number of pyridine rings is 1. The molecule has 0 unspecified atom stereocenters. The molecule has 114 valence electrons. The lowest BCUT2D eigenvalue weighted by Gasteiger charge is -2.13. The highest BCUT2D eigenvalue weighted by molar-refractivity contribution is 5.97. The molecule has 2 N–H and O–H groups in total. The van der Waals surface area contributed by atoms with Crippen LogP contribution in [0.5, 0.6) is 0 Å². The third-order valence-corrected chi connectivity index (χ3v) is 3.59. The molecule has 0 fully saturated rings. The minimum atomic E-state index is -0.124. The lowest BCUT2D eigenvalue weighted by atomic mass is 10.1. The maximum absolute atomic E-state index is 12.3. The summed E-state index contributed by atoms with van der Waals surface area (Å²) < 4.78 is 0. The summed E-state index contributed by atoms with van der Waals surface area (Å²) in [6.07, 6.45) is 5.72. The fourth-order valence-corrected chi connectivity index (χ4v) is 2.41. The van der Waals surface area contributed by atoms with E-state index in [9.17, 15) is 4.79 Å². The van der Waals surface area contributed by atoms with E-state index in [1.807, 2.05) is 36.7 Å². The molecule has 22 heavy (non-hydrogen) atoms. The van der Waals surface area contributed by atoms with Gasteiger partial charge in [0.2, 0.25) is 0 Å². The molecule has 0 aliphatic heterocycles. The third kappa shape index (κ3) is 2.44. The van der Waals surface area contributed by atoms with Crippen molar-refractivity contribution in [1.29, 1.82) is 5.26 Å². The predicted molar refractivity (Wildman–Crippen MR) is 87.3 cm³/mol. The number of fused-ring (bicyclic) bond motifs is 1. The minimum Gasteiger partial charge on any atom is -0.357 e. The van der Waals surface area contributed by atoms with E-state index in [-0.39, 0.29) is 8.76 Å². The van der Waals surface area contributed by atoms with E-state index in [4.69, 9.17) is 5.26 Å². The van der Waals surface area contributed by atoms with Crippen LogP contribution in [-0.4, -0.2) is 39.4 Å². The zero-order valence-electron chi connectivity index (χ0n) is 12.1. The normalized spacial score (nSPS) is 10.5. The maximum atomic E-state index is 12.3. The van der Waals surface area contributed by atoms with E-state index in [1.54, 1.807) is 13.2 Å². The third-order valence-electron chi connectivity index (χ3n) is 3.59. The number of rotatable bonds is 4. The number of H-pyrrole nitrogens is 2. The van der Waals surface area contributed by atoms with Gasteiger partial charge in [-0.05, 0) is 23.8 Å². The summed E-state index contributed by atoms with van der Waals surface area (Å²) in [6.45, 7) is 0.418. The highest BCUT2D eigenvalue weighted by atomic mass is 16.2. The summed E-state index contributed by atoms with van der Waals surface area (Å²) in [4.78, 5) is 24.2. The first-order valence-corrected chi connectivity index (χ1v) is 6.94. The number of hydrogen-bond donors (Lipinski definition) is 2. The van der Waals surface area contributed by atoms with Gasteiger partial charge in [-0.1, -0.05) is 0 Å². The van der Waals surface area contributed by atoms with Crippen LogP contribution >= 0.6 is 0 Å². The topological polar surface area (TPSA) is 88.6 Å². The van der Waals surface area contributed by atoms with Gasteiger partial charge in [0.1, 0.15) is 11.3 Å². The van der Waals surface area contributed by atoms with Gasteiger partial charge in [-0.3, -0.25) is 4.79 Å². The number of nitriles is 1. The Hall–Kier alpha value is -3.07. The number of carbonyl (C=O) groups is 1. The van der Waals surface area contributed by atoms with Gasteiger partial charge in [0.25, 0.3) is 5.91 Å². The molecular formula is C16H19N5O. The first-order chi connectivity index (χ1) is 10.7. The lowest BCUT2D eigenvalue weighted by molar-refractivity contribution is 0.0793. The van der Waals surface area contributed by atoms with Crippen LogP contribution in [0.15, 0.2) is 36.8 Å². The van der Waals surface area contributed by atoms with Crippen LogP contribution < -0.4 is 0 Å². The molecular weight excluding hydrogens is 278 g/mol. The van der Waals surface area contributed by atoms with Crippen LogP contribution in [0.2, 0.25) is 0 Å². The summed E-state index contributed by atoms with van der Waals surface area (Å²) in [5, 5.41) is 9.61. The van der Waals surface area contributed by atoms with Crippen molar-refractivity contribution in [3.05, 3.63) is 42.5 Å². The number of carbonyl (C=O) groups excluding carboxylic acids is 1. The van der Waals surface area contributed by atoms with Gasteiger partial charge in [-0.15, -0.1) is 0 Å². The van der Waals surface area contributed by atoms with Crippen LogP contribution in [0, 0.1) is 11.3 Å². The zero-order chi connectivity index (χ0) is 15.5. The number of amides is 1. The highest BCUT2D eigenvalue weighted by Crippen LogP contribution is 2.27. The molecule has 3 rings (SSSR count). The fourth-order valence-electron chi connectivity index (χ4n) is 2.41. The first kappa shape index (κ1) is 13.9. The summed E-state index contributed by atoms with van der Waals surface area (Å²) >= 11 is 0. The Balaban J connectivity index is 0.00000144. The molecule has 6 nitrogen and oxygen atoms in total.